The van der Waals surface area contributed by atoms with Gasteiger partial charge in [0.05, 0.1) is 16.2 Å². The van der Waals surface area contributed by atoms with Crippen LogP contribution in [0.4, 0.5) is 25.8 Å². The number of carbonyl (C=O) groups is 1. The first-order valence-corrected chi connectivity index (χ1v) is 9.70. The fourth-order valence-electron chi connectivity index (χ4n) is 4.08. The molecule has 7 nitrogen and oxygen atoms in total. The Kier molecular flexibility index (Phi) is 6.00. The molecule has 1 aromatic rings. The first-order chi connectivity index (χ1) is 13.3. The number of rotatable bonds is 5. The van der Waals surface area contributed by atoms with Crippen molar-refractivity contribution >= 4 is 23.0 Å². The molecule has 28 heavy (non-hydrogen) atoms. The van der Waals surface area contributed by atoms with Crippen LogP contribution in [0, 0.1) is 21.8 Å². The maximum absolute atomic E-state index is 15.2. The minimum atomic E-state index is -1.12. The number of nitrogens with one attached hydrogen (secondary N) is 2. The molecule has 1 amide bonds. The number of benzene rings is 1. The van der Waals surface area contributed by atoms with Crippen molar-refractivity contribution < 1.29 is 18.5 Å². The van der Waals surface area contributed by atoms with E-state index in [2.05, 4.69) is 17.6 Å². The number of hydrogen-bond acceptors (Lipinski definition) is 5. The van der Waals surface area contributed by atoms with Crippen LogP contribution in [0.15, 0.2) is 6.07 Å². The molecule has 0 bridgehead atoms. The van der Waals surface area contributed by atoms with E-state index in [1.165, 1.54) is 11.9 Å². The lowest BCUT2D eigenvalue weighted by molar-refractivity contribution is -0.384. The third-order valence-corrected chi connectivity index (χ3v) is 5.71. The smallest absolute Gasteiger partial charge is 0.296 e. The molecule has 2 N–H and O–H groups in total. The first kappa shape index (κ1) is 20.3. The number of nitrogens with zero attached hydrogens (tertiary/aromatic N) is 2. The molecule has 0 radical (unpaired) electrons. The van der Waals surface area contributed by atoms with Crippen molar-refractivity contribution in [3.8, 4) is 0 Å². The Morgan fingerprint density at radius 2 is 1.96 bits per heavy atom. The maximum Gasteiger partial charge on any atom is 0.296 e. The summed E-state index contributed by atoms with van der Waals surface area (Å²) in [4.78, 5) is 25.1. The van der Waals surface area contributed by atoms with Gasteiger partial charge >= 0.3 is 0 Å². The molecule has 2 aliphatic rings. The van der Waals surface area contributed by atoms with Crippen molar-refractivity contribution in [3.63, 3.8) is 0 Å². The largest absolute Gasteiger partial charge is 0.380 e. The molecule has 1 aliphatic carbocycles. The Bertz CT molecular complexity index is 766. The second-order valence-corrected chi connectivity index (χ2v) is 7.75. The van der Waals surface area contributed by atoms with Crippen LogP contribution in [0.25, 0.3) is 0 Å². The summed E-state index contributed by atoms with van der Waals surface area (Å²) >= 11 is 0. The predicted molar refractivity (Wildman–Crippen MR) is 103 cm³/mol. The summed E-state index contributed by atoms with van der Waals surface area (Å²) < 4.78 is 28.9. The topological polar surface area (TPSA) is 87.5 Å². The van der Waals surface area contributed by atoms with Gasteiger partial charge in [-0.1, -0.05) is 6.92 Å². The zero-order valence-electron chi connectivity index (χ0n) is 16.1. The van der Waals surface area contributed by atoms with Gasteiger partial charge in [-0.05, 0) is 38.0 Å². The molecule has 0 unspecified atom stereocenters. The van der Waals surface area contributed by atoms with E-state index in [0.29, 0.717) is 5.92 Å². The van der Waals surface area contributed by atoms with Crippen LogP contribution in [0.3, 0.4) is 0 Å². The van der Waals surface area contributed by atoms with Crippen molar-refractivity contribution in [1.29, 1.82) is 0 Å². The van der Waals surface area contributed by atoms with Gasteiger partial charge in [0.1, 0.15) is 6.17 Å². The molecule has 154 valence electrons. The number of carbonyl (C=O) groups excluding carboxylic acids is 1. The van der Waals surface area contributed by atoms with Crippen LogP contribution in [-0.4, -0.2) is 43.2 Å². The van der Waals surface area contributed by atoms with Crippen LogP contribution >= 0.6 is 0 Å². The second-order valence-electron chi connectivity index (χ2n) is 7.75. The molecule has 3 rings (SSSR count). The number of halogens is 2. The highest BCUT2D eigenvalue weighted by atomic mass is 19.1. The number of hydrogen-bond donors (Lipinski definition) is 2. The molecule has 0 spiro atoms. The molecule has 0 aromatic heterocycles. The van der Waals surface area contributed by atoms with Gasteiger partial charge in [0.25, 0.3) is 11.6 Å². The van der Waals surface area contributed by atoms with Crippen LogP contribution in [0.2, 0.25) is 0 Å². The fraction of sp³-hybridized carbons (Fsp3) is 0.632. The molecule has 9 heteroatoms. The molecular weight excluding hydrogens is 370 g/mol. The number of nitro groups is 1. The molecule has 1 aliphatic heterocycles. The second kappa shape index (κ2) is 8.28. The summed E-state index contributed by atoms with van der Waals surface area (Å²) in [5.41, 5.74) is -1.000. The van der Waals surface area contributed by atoms with Crippen LogP contribution in [0.5, 0.6) is 0 Å². The number of anilines is 2. The van der Waals surface area contributed by atoms with Gasteiger partial charge in [-0.2, -0.15) is 0 Å². The minimum absolute atomic E-state index is 0.0426. The maximum atomic E-state index is 15.2. The van der Waals surface area contributed by atoms with E-state index in [1.807, 2.05) is 0 Å². The van der Waals surface area contributed by atoms with E-state index in [9.17, 15) is 19.3 Å². The van der Waals surface area contributed by atoms with E-state index >= 15 is 4.39 Å². The summed E-state index contributed by atoms with van der Waals surface area (Å²) in [6.07, 6.45) is 2.72. The van der Waals surface area contributed by atoms with Gasteiger partial charge in [-0.25, -0.2) is 8.78 Å². The molecule has 2 fully saturated rings. The summed E-state index contributed by atoms with van der Waals surface area (Å²) in [6.45, 7) is 2.37. The summed E-state index contributed by atoms with van der Waals surface area (Å²) in [5.74, 6) is -0.849. The average Bonchev–Trinajstić information content (AvgIpc) is 3.08. The van der Waals surface area contributed by atoms with Crippen LogP contribution in [-0.2, 0) is 0 Å². The van der Waals surface area contributed by atoms with Gasteiger partial charge in [0.2, 0.25) is 0 Å². The van der Waals surface area contributed by atoms with E-state index < -0.39 is 28.5 Å². The minimum Gasteiger partial charge on any atom is -0.380 e. The van der Waals surface area contributed by atoms with E-state index in [1.54, 1.807) is 0 Å². The number of nitro benzene ring substituents is 1. The molecule has 1 atom stereocenters. The average molecular weight is 396 g/mol. The molecular formula is C19H26F2N4O3. The Labute approximate surface area is 162 Å². The van der Waals surface area contributed by atoms with Crippen molar-refractivity contribution in [1.82, 2.24) is 5.32 Å². The SMILES string of the molecule is CNc1c([N+](=O)[O-])cc(C(=O)N[C@H]2CC[C@H](C)CC2)c(N2CC[C@@H](F)C2)c1F. The standard InChI is InChI=1S/C19H26F2N4O3/c1-11-3-5-13(6-4-11)23-19(26)14-9-15(25(27)28)17(22-2)16(21)18(14)24-8-7-12(20)10-24/h9,11-13,22H,3-8,10H2,1-2H3,(H,23,26)/t11-,12-,13-/m1/s1. The summed E-state index contributed by atoms with van der Waals surface area (Å²) in [6, 6.07) is 1.05. The lowest BCUT2D eigenvalue weighted by atomic mass is 9.87. The highest BCUT2D eigenvalue weighted by Gasteiger charge is 2.34. The number of amides is 1. The lowest BCUT2D eigenvalue weighted by Crippen LogP contribution is -2.38. The van der Waals surface area contributed by atoms with E-state index in [0.717, 1.165) is 31.7 Å². The lowest BCUT2D eigenvalue weighted by Gasteiger charge is -2.28. The highest BCUT2D eigenvalue weighted by molar-refractivity contribution is 6.02. The Morgan fingerprint density at radius 1 is 1.29 bits per heavy atom. The molecule has 1 aromatic carbocycles. The highest BCUT2D eigenvalue weighted by Crippen LogP contribution is 2.39. The fourth-order valence-corrected chi connectivity index (χ4v) is 4.08. The molecule has 1 saturated carbocycles. The Balaban J connectivity index is 1.99. The van der Waals surface area contributed by atoms with Crippen molar-refractivity contribution in [2.24, 2.45) is 5.92 Å². The van der Waals surface area contributed by atoms with Gasteiger partial charge < -0.3 is 15.5 Å². The summed E-state index contributed by atoms with van der Waals surface area (Å²) in [5, 5.41) is 16.8. The zero-order valence-corrected chi connectivity index (χ0v) is 16.1. The van der Waals surface area contributed by atoms with Crippen LogP contribution in [0.1, 0.15) is 49.4 Å². The first-order valence-electron chi connectivity index (χ1n) is 9.70. The van der Waals surface area contributed by atoms with Crippen LogP contribution < -0.4 is 15.5 Å². The summed E-state index contributed by atoms with van der Waals surface area (Å²) in [7, 11) is 1.38. The molecule has 1 saturated heterocycles. The van der Waals surface area contributed by atoms with Gasteiger partial charge in [0.15, 0.2) is 11.5 Å². The van der Waals surface area contributed by atoms with Gasteiger partial charge in [-0.15, -0.1) is 0 Å². The van der Waals surface area contributed by atoms with Crippen molar-refractivity contribution in [2.45, 2.75) is 51.2 Å². The zero-order chi connectivity index (χ0) is 20.4. The predicted octanol–water partition coefficient (Wildman–Crippen LogP) is 3.63. The third kappa shape index (κ3) is 4.02. The monoisotopic (exact) mass is 396 g/mol. The molecule has 1 heterocycles. The van der Waals surface area contributed by atoms with E-state index in [-0.39, 0.29) is 42.5 Å². The van der Waals surface area contributed by atoms with Gasteiger partial charge in [0, 0.05) is 32.2 Å². The quantitative estimate of drug-likeness (QED) is 0.586. The van der Waals surface area contributed by atoms with E-state index in [4.69, 9.17) is 0 Å². The van der Waals surface area contributed by atoms with Gasteiger partial charge in [-0.3, -0.25) is 14.9 Å². The third-order valence-electron chi connectivity index (χ3n) is 5.71. The van der Waals surface area contributed by atoms with Crippen molar-refractivity contribution in [2.75, 3.05) is 30.4 Å². The number of alkyl halides is 1. The normalized spacial score (nSPS) is 24.9. The Morgan fingerprint density at radius 3 is 2.50 bits per heavy atom. The Hall–Kier alpha value is -2.45. The van der Waals surface area contributed by atoms with Crippen molar-refractivity contribution in [3.05, 3.63) is 27.6 Å².